The van der Waals surface area contributed by atoms with Crippen molar-refractivity contribution in [3.8, 4) is 6.07 Å². The molecule has 2 aromatic rings. The summed E-state index contributed by atoms with van der Waals surface area (Å²) in [6.07, 6.45) is 4.55. The number of pyridine rings is 1. The van der Waals surface area contributed by atoms with Gasteiger partial charge in [-0.1, -0.05) is 29.8 Å². The average Bonchev–Trinajstić information content (AvgIpc) is 3.06. The normalized spacial score (nSPS) is 25.0. The quantitative estimate of drug-likeness (QED) is 0.850. The van der Waals surface area contributed by atoms with Crippen LogP contribution in [0.2, 0.25) is 0 Å². The minimum Gasteiger partial charge on any atom is -0.310 e. The Hall–Kier alpha value is -2.33. The molecule has 27 heavy (non-hydrogen) atoms. The lowest BCUT2D eigenvalue weighted by molar-refractivity contribution is 0.0461. The highest BCUT2D eigenvalue weighted by Crippen LogP contribution is 2.42. The van der Waals surface area contributed by atoms with Crippen LogP contribution >= 0.6 is 11.8 Å². The fourth-order valence-electron chi connectivity index (χ4n) is 4.05. The van der Waals surface area contributed by atoms with Crippen molar-refractivity contribution in [2.75, 3.05) is 6.26 Å². The van der Waals surface area contributed by atoms with Gasteiger partial charge in [-0.3, -0.25) is 10.3 Å². The molecule has 1 aromatic heterocycles. The molecule has 138 valence electrons. The molecule has 0 radical (unpaired) electrons. The van der Waals surface area contributed by atoms with Crippen LogP contribution in [0.1, 0.15) is 40.9 Å². The van der Waals surface area contributed by atoms with Crippen molar-refractivity contribution in [2.45, 2.75) is 38.5 Å². The molecule has 2 aliphatic heterocycles. The first-order valence-electron chi connectivity index (χ1n) is 9.09. The molecule has 4 rings (SSSR count). The number of nitriles is 1. The van der Waals surface area contributed by atoms with Gasteiger partial charge >= 0.3 is 0 Å². The maximum atomic E-state index is 9.77. The summed E-state index contributed by atoms with van der Waals surface area (Å²) in [5, 5.41) is 16.5. The Kier molecular flexibility index (Phi) is 4.92. The Bertz CT molecular complexity index is 918. The van der Waals surface area contributed by atoms with Crippen LogP contribution in [0, 0.1) is 25.2 Å². The summed E-state index contributed by atoms with van der Waals surface area (Å²) in [5.74, 6) is 0. The fourth-order valence-corrected chi connectivity index (χ4v) is 4.63. The molecule has 0 bridgehead atoms. The molecule has 0 saturated carbocycles. The zero-order valence-corrected chi connectivity index (χ0v) is 16.5. The van der Waals surface area contributed by atoms with Crippen LogP contribution in [0.3, 0.4) is 0 Å². The van der Waals surface area contributed by atoms with Crippen LogP contribution in [0.5, 0.6) is 0 Å². The highest BCUT2D eigenvalue weighted by Gasteiger charge is 2.44. The largest absolute Gasteiger partial charge is 0.310 e. The topological polar surface area (TPSA) is 64.0 Å². The number of fused-ring (bicyclic) bond motifs is 1. The summed E-state index contributed by atoms with van der Waals surface area (Å²) < 4.78 is 0. The number of rotatable bonds is 3. The van der Waals surface area contributed by atoms with E-state index in [4.69, 9.17) is 0 Å². The second kappa shape index (κ2) is 7.35. The molecule has 2 aliphatic rings. The molecule has 1 aromatic carbocycles. The van der Waals surface area contributed by atoms with Crippen LogP contribution in [0.25, 0.3) is 0 Å². The van der Waals surface area contributed by atoms with Gasteiger partial charge in [-0.05, 0) is 49.8 Å². The molecule has 3 unspecified atom stereocenters. The monoisotopic (exact) mass is 377 g/mol. The summed E-state index contributed by atoms with van der Waals surface area (Å²) in [5.41, 5.74) is 9.07. The number of nitrogens with zero attached hydrogens (tertiary/aromatic N) is 3. The average molecular weight is 378 g/mol. The number of aromatic nitrogens is 1. The van der Waals surface area contributed by atoms with Crippen LogP contribution < -0.4 is 10.7 Å². The van der Waals surface area contributed by atoms with Crippen LogP contribution in [0.4, 0.5) is 0 Å². The SMILES string of the molecule is CSC1=C(C#N)C2NC(c3ccccn3)CC(c3ccc(C)cc3C)N2N1. The van der Waals surface area contributed by atoms with E-state index in [9.17, 15) is 5.26 Å². The first kappa shape index (κ1) is 18.1. The third-order valence-electron chi connectivity index (χ3n) is 5.33. The summed E-state index contributed by atoms with van der Waals surface area (Å²) in [6, 6.07) is 15.3. The molecule has 2 N–H and O–H groups in total. The van der Waals surface area contributed by atoms with E-state index in [1.54, 1.807) is 11.8 Å². The van der Waals surface area contributed by atoms with Gasteiger partial charge in [0.2, 0.25) is 0 Å². The first-order chi connectivity index (χ1) is 13.1. The second-order valence-electron chi connectivity index (χ2n) is 7.07. The molecule has 1 fully saturated rings. The van der Waals surface area contributed by atoms with Crippen molar-refractivity contribution in [3.63, 3.8) is 0 Å². The summed E-state index contributed by atoms with van der Waals surface area (Å²) in [6.45, 7) is 4.29. The first-order valence-corrected chi connectivity index (χ1v) is 10.3. The molecular weight excluding hydrogens is 354 g/mol. The lowest BCUT2D eigenvalue weighted by Gasteiger charge is -2.43. The van der Waals surface area contributed by atoms with Crippen molar-refractivity contribution in [1.29, 1.82) is 5.26 Å². The van der Waals surface area contributed by atoms with Gasteiger partial charge in [-0.15, -0.1) is 11.8 Å². The number of hydrogen-bond donors (Lipinski definition) is 2. The summed E-state index contributed by atoms with van der Waals surface area (Å²) >= 11 is 1.58. The van der Waals surface area contributed by atoms with Crippen molar-refractivity contribution < 1.29 is 0 Å². The lowest BCUT2D eigenvalue weighted by atomic mass is 9.90. The standard InChI is InChI=1S/C21H23N5S/c1-13-7-8-15(14(2)10-13)19-11-18(17-6-4-5-9-23-17)24-20-16(12-22)21(27-3)25-26(19)20/h4-10,18-20,24-25H,11H2,1-3H3. The van der Waals surface area contributed by atoms with E-state index in [2.05, 4.69) is 64.9 Å². The molecule has 3 heterocycles. The second-order valence-corrected chi connectivity index (χ2v) is 7.88. The minimum absolute atomic E-state index is 0.0875. The van der Waals surface area contributed by atoms with E-state index in [1.807, 2.05) is 24.6 Å². The Balaban J connectivity index is 1.77. The Morgan fingerprint density at radius 2 is 2.11 bits per heavy atom. The zero-order valence-electron chi connectivity index (χ0n) is 15.7. The van der Waals surface area contributed by atoms with E-state index < -0.39 is 0 Å². The Morgan fingerprint density at radius 1 is 1.26 bits per heavy atom. The van der Waals surface area contributed by atoms with Gasteiger partial charge in [0, 0.05) is 6.20 Å². The predicted octanol–water partition coefficient (Wildman–Crippen LogP) is 3.72. The van der Waals surface area contributed by atoms with Crippen LogP contribution in [-0.4, -0.2) is 22.4 Å². The van der Waals surface area contributed by atoms with Crippen LogP contribution in [-0.2, 0) is 0 Å². The fraction of sp³-hybridized carbons (Fsp3) is 0.333. The van der Waals surface area contributed by atoms with Crippen molar-refractivity contribution in [3.05, 3.63) is 75.6 Å². The molecular formula is C21H23N5S. The zero-order chi connectivity index (χ0) is 19.0. The van der Waals surface area contributed by atoms with Crippen molar-refractivity contribution in [1.82, 2.24) is 20.7 Å². The third kappa shape index (κ3) is 3.23. The number of nitrogens with one attached hydrogen (secondary N) is 2. The molecule has 0 aliphatic carbocycles. The molecule has 5 nitrogen and oxygen atoms in total. The van der Waals surface area contributed by atoms with E-state index in [1.165, 1.54) is 16.7 Å². The van der Waals surface area contributed by atoms with Gasteiger partial charge in [0.1, 0.15) is 12.2 Å². The van der Waals surface area contributed by atoms with E-state index in [-0.39, 0.29) is 18.2 Å². The molecule has 0 amide bonds. The highest BCUT2D eigenvalue weighted by molar-refractivity contribution is 8.02. The van der Waals surface area contributed by atoms with Crippen LogP contribution in [0.15, 0.2) is 53.2 Å². The van der Waals surface area contributed by atoms with Gasteiger partial charge in [0.15, 0.2) is 0 Å². The molecule has 1 saturated heterocycles. The van der Waals surface area contributed by atoms with E-state index >= 15 is 0 Å². The van der Waals surface area contributed by atoms with E-state index in [0.29, 0.717) is 0 Å². The van der Waals surface area contributed by atoms with Gasteiger partial charge in [-0.2, -0.15) is 10.3 Å². The minimum atomic E-state index is -0.163. The number of aryl methyl sites for hydroxylation is 2. The predicted molar refractivity (Wildman–Crippen MR) is 108 cm³/mol. The molecule has 6 heteroatoms. The Labute approximate surface area is 164 Å². The van der Waals surface area contributed by atoms with Gasteiger partial charge in [0.05, 0.1) is 28.4 Å². The lowest BCUT2D eigenvalue weighted by Crippen LogP contribution is -2.55. The molecule has 3 atom stereocenters. The number of benzene rings is 1. The van der Waals surface area contributed by atoms with Crippen molar-refractivity contribution >= 4 is 11.8 Å². The molecule has 0 spiro atoms. The van der Waals surface area contributed by atoms with Gasteiger partial charge < -0.3 is 5.43 Å². The maximum absolute atomic E-state index is 9.77. The summed E-state index contributed by atoms with van der Waals surface area (Å²) in [4.78, 5) is 4.57. The number of thioether (sulfide) groups is 1. The third-order valence-corrected chi connectivity index (χ3v) is 6.05. The Morgan fingerprint density at radius 3 is 2.78 bits per heavy atom. The van der Waals surface area contributed by atoms with Crippen molar-refractivity contribution in [2.24, 2.45) is 0 Å². The smallest absolute Gasteiger partial charge is 0.118 e. The van der Waals surface area contributed by atoms with Gasteiger partial charge in [0.25, 0.3) is 0 Å². The number of hydrazine groups is 1. The van der Waals surface area contributed by atoms with Gasteiger partial charge in [-0.25, -0.2) is 0 Å². The summed E-state index contributed by atoms with van der Waals surface area (Å²) in [7, 11) is 0. The van der Waals surface area contributed by atoms with E-state index in [0.717, 1.165) is 22.7 Å². The number of hydrogen-bond acceptors (Lipinski definition) is 6. The highest BCUT2D eigenvalue weighted by atomic mass is 32.2. The maximum Gasteiger partial charge on any atom is 0.118 e.